The number of nitriles is 1. The third kappa shape index (κ3) is 3.83. The van der Waals surface area contributed by atoms with E-state index < -0.39 is 0 Å². The third-order valence-corrected chi connectivity index (χ3v) is 3.12. The Morgan fingerprint density at radius 3 is 2.57 bits per heavy atom. The number of aromatic nitrogens is 2. The molecular weight excluding hydrogens is 268 g/mol. The number of hydrogen-bond acceptors (Lipinski definition) is 3. The standard InChI is InChI=1S/C15H16N4O2/c1-18-9-10-19(15(18)21)8-2-3-14(20)17-13-6-4-12(11-16)5-7-13/h4-7,9-10H,2-3,8H2,1H3,(H,17,20). The van der Waals surface area contributed by atoms with Crippen molar-refractivity contribution in [2.45, 2.75) is 19.4 Å². The van der Waals surface area contributed by atoms with Crippen LogP contribution in [0.5, 0.6) is 0 Å². The number of nitrogens with one attached hydrogen (secondary N) is 1. The van der Waals surface area contributed by atoms with E-state index >= 15 is 0 Å². The minimum Gasteiger partial charge on any atom is -0.326 e. The van der Waals surface area contributed by atoms with Crippen LogP contribution in [0.1, 0.15) is 18.4 Å². The van der Waals surface area contributed by atoms with Gasteiger partial charge in [-0.15, -0.1) is 0 Å². The Morgan fingerprint density at radius 1 is 1.29 bits per heavy atom. The molecule has 1 aromatic heterocycles. The molecule has 1 amide bonds. The number of nitrogens with zero attached hydrogens (tertiary/aromatic N) is 3. The van der Waals surface area contributed by atoms with Gasteiger partial charge in [-0.05, 0) is 30.7 Å². The average molecular weight is 284 g/mol. The second kappa shape index (κ2) is 6.57. The fourth-order valence-corrected chi connectivity index (χ4v) is 1.94. The van der Waals surface area contributed by atoms with Crippen LogP contribution in [0.3, 0.4) is 0 Å². The summed E-state index contributed by atoms with van der Waals surface area (Å²) in [7, 11) is 1.69. The van der Waals surface area contributed by atoms with Gasteiger partial charge < -0.3 is 9.88 Å². The summed E-state index contributed by atoms with van der Waals surface area (Å²) in [6.07, 6.45) is 4.33. The first-order valence-electron chi connectivity index (χ1n) is 6.62. The minimum absolute atomic E-state index is 0.0810. The number of anilines is 1. The molecule has 0 unspecified atom stereocenters. The maximum absolute atomic E-state index is 11.8. The van der Waals surface area contributed by atoms with E-state index in [1.54, 1.807) is 48.3 Å². The largest absolute Gasteiger partial charge is 0.327 e. The van der Waals surface area contributed by atoms with Crippen LogP contribution in [-0.4, -0.2) is 15.0 Å². The van der Waals surface area contributed by atoms with Crippen LogP contribution in [0, 0.1) is 11.3 Å². The smallest absolute Gasteiger partial charge is 0.326 e. The summed E-state index contributed by atoms with van der Waals surface area (Å²) in [6, 6.07) is 8.71. The van der Waals surface area contributed by atoms with Gasteiger partial charge in [-0.1, -0.05) is 0 Å². The number of benzene rings is 1. The van der Waals surface area contributed by atoms with Gasteiger partial charge in [0.15, 0.2) is 0 Å². The van der Waals surface area contributed by atoms with Crippen molar-refractivity contribution in [3.05, 3.63) is 52.7 Å². The third-order valence-electron chi connectivity index (χ3n) is 3.12. The average Bonchev–Trinajstić information content (AvgIpc) is 2.80. The molecule has 0 fully saturated rings. The molecule has 6 nitrogen and oxygen atoms in total. The Hall–Kier alpha value is -2.81. The lowest BCUT2D eigenvalue weighted by atomic mass is 10.2. The first kappa shape index (κ1) is 14.6. The fraction of sp³-hybridized carbons (Fsp3) is 0.267. The lowest BCUT2D eigenvalue weighted by molar-refractivity contribution is -0.116. The summed E-state index contributed by atoms with van der Waals surface area (Å²) < 4.78 is 3.08. The van der Waals surface area contributed by atoms with Crippen LogP contribution >= 0.6 is 0 Å². The highest BCUT2D eigenvalue weighted by molar-refractivity contribution is 5.90. The number of amides is 1. The maximum atomic E-state index is 11.8. The first-order chi connectivity index (χ1) is 10.1. The fourth-order valence-electron chi connectivity index (χ4n) is 1.94. The Balaban J connectivity index is 1.81. The van der Waals surface area contributed by atoms with Crippen molar-refractivity contribution >= 4 is 11.6 Å². The van der Waals surface area contributed by atoms with Crippen molar-refractivity contribution in [2.75, 3.05) is 5.32 Å². The van der Waals surface area contributed by atoms with E-state index in [0.29, 0.717) is 30.6 Å². The maximum Gasteiger partial charge on any atom is 0.327 e. The SMILES string of the molecule is Cn1ccn(CCCC(=O)Nc2ccc(C#N)cc2)c1=O. The van der Waals surface area contributed by atoms with Gasteiger partial charge in [0.25, 0.3) is 0 Å². The number of aryl methyl sites for hydroxylation is 2. The first-order valence-corrected chi connectivity index (χ1v) is 6.62. The van der Waals surface area contributed by atoms with Crippen LogP contribution in [0.15, 0.2) is 41.5 Å². The quantitative estimate of drug-likeness (QED) is 0.903. The molecular formula is C15H16N4O2. The Kier molecular flexibility index (Phi) is 4.57. The monoisotopic (exact) mass is 284 g/mol. The highest BCUT2D eigenvalue weighted by Crippen LogP contribution is 2.09. The Morgan fingerprint density at radius 2 is 2.00 bits per heavy atom. The zero-order valence-corrected chi connectivity index (χ0v) is 11.7. The van der Waals surface area contributed by atoms with Crippen molar-refractivity contribution in [3.63, 3.8) is 0 Å². The normalized spacial score (nSPS) is 10.1. The molecule has 1 heterocycles. The molecule has 21 heavy (non-hydrogen) atoms. The van der Waals surface area contributed by atoms with E-state index in [1.165, 1.54) is 4.57 Å². The predicted molar refractivity (Wildman–Crippen MR) is 78.7 cm³/mol. The van der Waals surface area contributed by atoms with Gasteiger partial charge in [-0.2, -0.15) is 5.26 Å². The van der Waals surface area contributed by atoms with Crippen LogP contribution in [0.4, 0.5) is 5.69 Å². The second-order valence-corrected chi connectivity index (χ2v) is 4.73. The Labute approximate surface area is 122 Å². The molecule has 6 heteroatoms. The van der Waals surface area contributed by atoms with E-state index in [0.717, 1.165) is 0 Å². The molecule has 0 atom stereocenters. The summed E-state index contributed by atoms with van der Waals surface area (Å²) >= 11 is 0. The molecule has 2 aromatic rings. The summed E-state index contributed by atoms with van der Waals surface area (Å²) in [4.78, 5) is 23.4. The molecule has 0 radical (unpaired) electrons. The van der Waals surface area contributed by atoms with Crippen LogP contribution < -0.4 is 11.0 Å². The molecule has 0 bridgehead atoms. The summed E-state index contributed by atoms with van der Waals surface area (Å²) in [5.74, 6) is -0.108. The van der Waals surface area contributed by atoms with Gasteiger partial charge in [0.05, 0.1) is 11.6 Å². The second-order valence-electron chi connectivity index (χ2n) is 4.73. The summed E-state index contributed by atoms with van der Waals surface area (Å²) in [5.41, 5.74) is 1.13. The molecule has 1 aromatic carbocycles. The molecule has 0 aliphatic heterocycles. The Bertz CT molecular complexity index is 719. The van der Waals surface area contributed by atoms with Gasteiger partial charge in [-0.25, -0.2) is 4.79 Å². The summed E-state index contributed by atoms with van der Waals surface area (Å²) in [6.45, 7) is 0.514. The van der Waals surface area contributed by atoms with Crippen molar-refractivity contribution in [3.8, 4) is 6.07 Å². The van der Waals surface area contributed by atoms with E-state index in [-0.39, 0.29) is 11.6 Å². The van der Waals surface area contributed by atoms with Crippen LogP contribution in [0.25, 0.3) is 0 Å². The minimum atomic E-state index is -0.108. The zero-order chi connectivity index (χ0) is 15.2. The lowest BCUT2D eigenvalue weighted by Gasteiger charge is -2.05. The van der Waals surface area contributed by atoms with Crippen molar-refractivity contribution in [1.29, 1.82) is 5.26 Å². The van der Waals surface area contributed by atoms with Crippen LogP contribution in [0.2, 0.25) is 0 Å². The highest BCUT2D eigenvalue weighted by atomic mass is 16.2. The molecule has 1 N–H and O–H groups in total. The molecule has 0 saturated carbocycles. The number of hydrogen-bond donors (Lipinski definition) is 1. The van der Waals surface area contributed by atoms with Gasteiger partial charge in [0, 0.05) is 38.1 Å². The number of carbonyl (C=O) groups excluding carboxylic acids is 1. The van der Waals surface area contributed by atoms with Gasteiger partial charge >= 0.3 is 5.69 Å². The van der Waals surface area contributed by atoms with E-state index in [1.807, 2.05) is 6.07 Å². The molecule has 0 aliphatic carbocycles. The molecule has 0 aliphatic rings. The summed E-state index contributed by atoms with van der Waals surface area (Å²) in [5, 5.41) is 11.5. The molecule has 0 saturated heterocycles. The predicted octanol–water partition coefficient (Wildman–Crippen LogP) is 1.48. The van der Waals surface area contributed by atoms with Gasteiger partial charge in [-0.3, -0.25) is 9.36 Å². The number of imidazole rings is 1. The van der Waals surface area contributed by atoms with E-state index in [4.69, 9.17) is 5.26 Å². The van der Waals surface area contributed by atoms with Crippen LogP contribution in [-0.2, 0) is 18.4 Å². The van der Waals surface area contributed by atoms with Gasteiger partial charge in [0.2, 0.25) is 5.91 Å². The number of rotatable bonds is 5. The molecule has 0 spiro atoms. The number of carbonyl (C=O) groups is 1. The lowest BCUT2D eigenvalue weighted by Crippen LogP contribution is -2.22. The van der Waals surface area contributed by atoms with Crippen molar-refractivity contribution in [1.82, 2.24) is 9.13 Å². The van der Waals surface area contributed by atoms with Crippen molar-refractivity contribution < 1.29 is 4.79 Å². The van der Waals surface area contributed by atoms with Crippen molar-refractivity contribution in [2.24, 2.45) is 7.05 Å². The van der Waals surface area contributed by atoms with E-state index in [9.17, 15) is 9.59 Å². The van der Waals surface area contributed by atoms with E-state index in [2.05, 4.69) is 5.32 Å². The van der Waals surface area contributed by atoms with Gasteiger partial charge in [0.1, 0.15) is 0 Å². The molecule has 108 valence electrons. The molecule has 2 rings (SSSR count). The highest BCUT2D eigenvalue weighted by Gasteiger charge is 2.04. The topological polar surface area (TPSA) is 79.8 Å². The zero-order valence-electron chi connectivity index (χ0n) is 11.7.